The number of aromatic nitrogens is 1. The number of ether oxygens (including phenoxy) is 1. The fourth-order valence-corrected chi connectivity index (χ4v) is 2.27. The van der Waals surface area contributed by atoms with Gasteiger partial charge in [-0.15, -0.1) is 0 Å². The van der Waals surface area contributed by atoms with E-state index < -0.39 is 0 Å². The minimum Gasteiger partial charge on any atom is -0.494 e. The van der Waals surface area contributed by atoms with Crippen molar-refractivity contribution in [1.82, 2.24) is 4.98 Å². The van der Waals surface area contributed by atoms with Gasteiger partial charge in [0.25, 0.3) is 0 Å². The fourth-order valence-electron chi connectivity index (χ4n) is 2.27. The van der Waals surface area contributed by atoms with Gasteiger partial charge in [0, 0.05) is 12.7 Å². The van der Waals surface area contributed by atoms with E-state index in [2.05, 4.69) is 9.98 Å². The number of halogens is 1. The zero-order valence-corrected chi connectivity index (χ0v) is 14.0. The van der Waals surface area contributed by atoms with Gasteiger partial charge < -0.3 is 10.5 Å². The quantitative estimate of drug-likeness (QED) is 0.430. The van der Waals surface area contributed by atoms with Crippen LogP contribution in [0.5, 0.6) is 5.75 Å². The summed E-state index contributed by atoms with van der Waals surface area (Å²) < 4.78 is 18.3. The summed E-state index contributed by atoms with van der Waals surface area (Å²) in [6, 6.07) is 11.5. The summed E-state index contributed by atoms with van der Waals surface area (Å²) in [5, 5.41) is 9.00. The topological polar surface area (TPSA) is 84.3 Å². The lowest BCUT2D eigenvalue weighted by Gasteiger charge is -2.06. The number of nitrogens with zero attached hydrogens (tertiary/aromatic N) is 3. The van der Waals surface area contributed by atoms with Crippen molar-refractivity contribution in [2.24, 2.45) is 10.7 Å². The normalized spacial score (nSPS) is 11.1. The molecule has 0 fully saturated rings. The van der Waals surface area contributed by atoms with Gasteiger partial charge >= 0.3 is 0 Å². The highest BCUT2D eigenvalue weighted by Gasteiger charge is 2.05. The highest BCUT2D eigenvalue weighted by atomic mass is 19.1. The summed E-state index contributed by atoms with van der Waals surface area (Å²) in [6.07, 6.45) is 5.44. The minimum absolute atomic E-state index is 0.264. The Hall–Kier alpha value is -2.94. The summed E-state index contributed by atoms with van der Waals surface area (Å²) in [4.78, 5) is 8.28. The number of rotatable bonds is 9. The Kier molecular flexibility index (Phi) is 7.39. The molecule has 0 spiro atoms. The molecule has 130 valence electrons. The third-order valence-electron chi connectivity index (χ3n) is 3.61. The summed E-state index contributed by atoms with van der Waals surface area (Å²) in [6.45, 7) is 1.22. The highest BCUT2D eigenvalue weighted by molar-refractivity contribution is 5.99. The molecule has 1 heterocycles. The molecule has 25 heavy (non-hydrogen) atoms. The van der Waals surface area contributed by atoms with Crippen LogP contribution >= 0.6 is 0 Å². The Balaban J connectivity index is 1.61. The SMILES string of the molecule is N#Cc1ncccc1C(N)=NCCCCCCOc1ccc(F)cc1. The molecular formula is C19H21FN4O. The van der Waals surface area contributed by atoms with Gasteiger partial charge in [-0.1, -0.05) is 6.42 Å². The van der Waals surface area contributed by atoms with Crippen molar-refractivity contribution in [1.29, 1.82) is 5.26 Å². The molecule has 0 aliphatic heterocycles. The summed E-state index contributed by atoms with van der Waals surface area (Å²) in [7, 11) is 0. The van der Waals surface area contributed by atoms with Crippen molar-refractivity contribution in [2.45, 2.75) is 25.7 Å². The van der Waals surface area contributed by atoms with Gasteiger partial charge in [0.05, 0.1) is 12.2 Å². The molecule has 2 rings (SSSR count). The van der Waals surface area contributed by atoms with E-state index in [0.29, 0.717) is 36.0 Å². The maximum Gasteiger partial charge on any atom is 0.151 e. The number of aliphatic imine (C=N–C) groups is 1. The van der Waals surface area contributed by atoms with E-state index in [4.69, 9.17) is 15.7 Å². The van der Waals surface area contributed by atoms with Gasteiger partial charge in [-0.25, -0.2) is 9.37 Å². The van der Waals surface area contributed by atoms with Crippen molar-refractivity contribution in [2.75, 3.05) is 13.2 Å². The van der Waals surface area contributed by atoms with E-state index >= 15 is 0 Å². The number of hydrogen-bond acceptors (Lipinski definition) is 4. The second-order valence-electron chi connectivity index (χ2n) is 5.49. The Morgan fingerprint density at radius 2 is 1.92 bits per heavy atom. The molecule has 0 saturated carbocycles. The van der Waals surface area contributed by atoms with Gasteiger partial charge in [0.2, 0.25) is 0 Å². The third kappa shape index (κ3) is 6.22. The Labute approximate surface area is 147 Å². The lowest BCUT2D eigenvalue weighted by molar-refractivity contribution is 0.304. The molecule has 0 amide bonds. The number of amidine groups is 1. The first-order chi connectivity index (χ1) is 12.2. The number of benzene rings is 1. The Morgan fingerprint density at radius 3 is 2.68 bits per heavy atom. The van der Waals surface area contributed by atoms with Gasteiger partial charge in [0.1, 0.15) is 23.5 Å². The number of hydrogen-bond donors (Lipinski definition) is 1. The predicted molar refractivity (Wildman–Crippen MR) is 94.9 cm³/mol. The van der Waals surface area contributed by atoms with Crippen molar-refractivity contribution in [3.63, 3.8) is 0 Å². The van der Waals surface area contributed by atoms with Crippen LogP contribution in [0.3, 0.4) is 0 Å². The smallest absolute Gasteiger partial charge is 0.151 e. The first-order valence-corrected chi connectivity index (χ1v) is 8.24. The minimum atomic E-state index is -0.264. The maximum atomic E-state index is 12.8. The molecule has 1 aromatic heterocycles. The van der Waals surface area contributed by atoms with E-state index in [-0.39, 0.29) is 5.82 Å². The van der Waals surface area contributed by atoms with E-state index in [9.17, 15) is 4.39 Å². The van der Waals surface area contributed by atoms with Crippen molar-refractivity contribution >= 4 is 5.84 Å². The lowest BCUT2D eigenvalue weighted by atomic mass is 10.2. The van der Waals surface area contributed by atoms with Crippen LogP contribution in [0.25, 0.3) is 0 Å². The maximum absolute atomic E-state index is 12.8. The van der Waals surface area contributed by atoms with Crippen LogP contribution < -0.4 is 10.5 Å². The zero-order chi connectivity index (χ0) is 17.9. The van der Waals surface area contributed by atoms with Crippen LogP contribution in [0, 0.1) is 17.1 Å². The van der Waals surface area contributed by atoms with E-state index in [1.165, 1.54) is 12.1 Å². The predicted octanol–water partition coefficient (Wildman–Crippen LogP) is 3.44. The summed E-state index contributed by atoms with van der Waals surface area (Å²) >= 11 is 0. The molecular weight excluding hydrogens is 319 g/mol. The van der Waals surface area contributed by atoms with Gasteiger partial charge in [-0.2, -0.15) is 5.26 Å². The molecule has 1 aromatic carbocycles. The standard InChI is InChI=1S/C19H21FN4O/c20-15-7-9-16(10-8-15)25-13-4-2-1-3-11-24-19(22)17-6-5-12-23-18(17)14-21/h5-10,12H,1-4,11,13H2,(H2,22,24). The van der Waals surface area contributed by atoms with Gasteiger partial charge in [-0.3, -0.25) is 4.99 Å². The molecule has 0 saturated heterocycles. The number of pyridine rings is 1. The zero-order valence-electron chi connectivity index (χ0n) is 14.0. The first kappa shape index (κ1) is 18.4. The van der Waals surface area contributed by atoms with Crippen LogP contribution in [0.1, 0.15) is 36.9 Å². The molecule has 0 aliphatic carbocycles. The van der Waals surface area contributed by atoms with Gasteiger partial charge in [0.15, 0.2) is 5.69 Å². The van der Waals surface area contributed by atoms with Crippen LogP contribution in [0.4, 0.5) is 4.39 Å². The molecule has 0 aliphatic rings. The number of nitrogens with two attached hydrogens (primary N) is 1. The average molecular weight is 340 g/mol. The Morgan fingerprint density at radius 1 is 1.16 bits per heavy atom. The second kappa shape index (κ2) is 10.0. The van der Waals surface area contributed by atoms with Crippen molar-refractivity contribution in [3.8, 4) is 11.8 Å². The van der Waals surface area contributed by atoms with Crippen molar-refractivity contribution in [3.05, 3.63) is 59.7 Å². The second-order valence-corrected chi connectivity index (χ2v) is 5.49. The van der Waals surface area contributed by atoms with E-state index in [1.807, 2.05) is 6.07 Å². The number of nitriles is 1. The molecule has 0 radical (unpaired) electrons. The van der Waals surface area contributed by atoms with Crippen LogP contribution in [0.2, 0.25) is 0 Å². The third-order valence-corrected chi connectivity index (χ3v) is 3.61. The molecule has 5 nitrogen and oxygen atoms in total. The highest BCUT2D eigenvalue weighted by Crippen LogP contribution is 2.12. The Bertz CT molecular complexity index is 738. The molecule has 6 heteroatoms. The molecule has 2 aromatic rings. The van der Waals surface area contributed by atoms with Crippen molar-refractivity contribution < 1.29 is 9.13 Å². The molecule has 0 bridgehead atoms. The van der Waals surface area contributed by atoms with Crippen LogP contribution in [-0.4, -0.2) is 24.0 Å². The molecule has 0 unspecified atom stereocenters. The summed E-state index contributed by atoms with van der Waals surface area (Å²) in [5.41, 5.74) is 6.80. The van der Waals surface area contributed by atoms with Gasteiger partial charge in [-0.05, 0) is 55.7 Å². The average Bonchev–Trinajstić information content (AvgIpc) is 2.65. The number of unbranched alkanes of at least 4 members (excludes halogenated alkanes) is 3. The lowest BCUT2D eigenvalue weighted by Crippen LogP contribution is -2.16. The summed E-state index contributed by atoms with van der Waals surface area (Å²) in [5.74, 6) is 0.771. The monoisotopic (exact) mass is 340 g/mol. The van der Waals surface area contributed by atoms with Crippen LogP contribution in [0.15, 0.2) is 47.6 Å². The fraction of sp³-hybridized carbons (Fsp3) is 0.316. The molecule has 0 atom stereocenters. The van der Waals surface area contributed by atoms with E-state index in [1.54, 1.807) is 30.5 Å². The van der Waals surface area contributed by atoms with Crippen LogP contribution in [-0.2, 0) is 0 Å². The van der Waals surface area contributed by atoms with E-state index in [0.717, 1.165) is 25.7 Å². The largest absolute Gasteiger partial charge is 0.494 e. The molecule has 2 N–H and O–H groups in total. The first-order valence-electron chi connectivity index (χ1n) is 8.24.